The zero-order chi connectivity index (χ0) is 18.9. The summed E-state index contributed by atoms with van der Waals surface area (Å²) in [5.41, 5.74) is -0.0409. The standard InChI is InChI=1S/C20H27FN2O3/c1-14(2)18(24)23-10-8-20(13-23)7-4-9-22(19(20)25)12-15-11-16(26-3)5-6-17(15)21/h5-6,11,14H,4,7-10,12-13H2,1-3H3. The molecule has 6 heteroatoms. The number of ether oxygens (including phenoxy) is 1. The maximum atomic E-state index is 14.2. The molecule has 1 aromatic rings. The van der Waals surface area contributed by atoms with Crippen molar-refractivity contribution < 1.29 is 18.7 Å². The van der Waals surface area contributed by atoms with Gasteiger partial charge in [-0.1, -0.05) is 13.8 Å². The van der Waals surface area contributed by atoms with Crippen LogP contribution < -0.4 is 4.74 Å². The quantitative estimate of drug-likeness (QED) is 0.828. The molecule has 2 fully saturated rings. The van der Waals surface area contributed by atoms with Crippen LogP contribution in [-0.2, 0) is 16.1 Å². The van der Waals surface area contributed by atoms with Crippen LogP contribution in [0.5, 0.6) is 5.75 Å². The Morgan fingerprint density at radius 1 is 1.31 bits per heavy atom. The lowest BCUT2D eigenvalue weighted by Crippen LogP contribution is -2.50. The number of benzene rings is 1. The predicted molar refractivity (Wildman–Crippen MR) is 96.1 cm³/mol. The molecule has 3 rings (SSSR count). The van der Waals surface area contributed by atoms with Crippen LogP contribution in [0.3, 0.4) is 0 Å². The van der Waals surface area contributed by atoms with Crippen molar-refractivity contribution in [3.8, 4) is 5.75 Å². The monoisotopic (exact) mass is 362 g/mol. The summed E-state index contributed by atoms with van der Waals surface area (Å²) in [5.74, 6) is 0.331. The first-order valence-corrected chi connectivity index (χ1v) is 9.27. The molecule has 0 N–H and O–H groups in total. The number of carbonyl (C=O) groups excluding carboxylic acids is 2. The SMILES string of the molecule is COc1ccc(F)c(CN2CCCC3(CCN(C(=O)C(C)C)C3)C2=O)c1. The van der Waals surface area contributed by atoms with Crippen LogP contribution in [0.4, 0.5) is 4.39 Å². The van der Waals surface area contributed by atoms with Gasteiger partial charge in [-0.05, 0) is 37.5 Å². The molecule has 1 aromatic carbocycles. The second-order valence-electron chi connectivity index (χ2n) is 7.73. The summed E-state index contributed by atoms with van der Waals surface area (Å²) in [7, 11) is 1.54. The highest BCUT2D eigenvalue weighted by molar-refractivity contribution is 5.86. The van der Waals surface area contributed by atoms with E-state index >= 15 is 0 Å². The molecule has 0 aliphatic carbocycles. The molecular formula is C20H27FN2O3. The first kappa shape index (κ1) is 18.7. The summed E-state index contributed by atoms with van der Waals surface area (Å²) in [4.78, 5) is 29.1. The van der Waals surface area contributed by atoms with E-state index in [0.717, 1.165) is 12.8 Å². The Kier molecular flexibility index (Phi) is 5.21. The van der Waals surface area contributed by atoms with Gasteiger partial charge < -0.3 is 14.5 Å². The largest absolute Gasteiger partial charge is 0.497 e. The molecule has 26 heavy (non-hydrogen) atoms. The summed E-state index contributed by atoms with van der Waals surface area (Å²) < 4.78 is 19.3. The van der Waals surface area contributed by atoms with Crippen LogP contribution in [-0.4, -0.2) is 48.4 Å². The number of methoxy groups -OCH3 is 1. The summed E-state index contributed by atoms with van der Waals surface area (Å²) >= 11 is 0. The van der Waals surface area contributed by atoms with E-state index in [0.29, 0.717) is 37.4 Å². The number of piperidine rings is 1. The van der Waals surface area contributed by atoms with E-state index in [4.69, 9.17) is 4.74 Å². The first-order valence-electron chi connectivity index (χ1n) is 9.27. The Morgan fingerprint density at radius 3 is 2.77 bits per heavy atom. The van der Waals surface area contributed by atoms with Gasteiger partial charge in [0.2, 0.25) is 11.8 Å². The van der Waals surface area contributed by atoms with Gasteiger partial charge in [-0.2, -0.15) is 0 Å². The van der Waals surface area contributed by atoms with Crippen molar-refractivity contribution in [2.45, 2.75) is 39.7 Å². The van der Waals surface area contributed by atoms with Gasteiger partial charge >= 0.3 is 0 Å². The van der Waals surface area contributed by atoms with Gasteiger partial charge in [-0.15, -0.1) is 0 Å². The number of nitrogens with zero attached hydrogens (tertiary/aromatic N) is 2. The van der Waals surface area contributed by atoms with Crippen LogP contribution in [0.1, 0.15) is 38.7 Å². The van der Waals surface area contributed by atoms with Crippen molar-refractivity contribution in [2.24, 2.45) is 11.3 Å². The van der Waals surface area contributed by atoms with Gasteiger partial charge in [0.25, 0.3) is 0 Å². The maximum Gasteiger partial charge on any atom is 0.230 e. The zero-order valence-corrected chi connectivity index (χ0v) is 15.8. The Morgan fingerprint density at radius 2 is 2.08 bits per heavy atom. The highest BCUT2D eigenvalue weighted by Crippen LogP contribution is 2.41. The van der Waals surface area contributed by atoms with Gasteiger partial charge in [0.1, 0.15) is 11.6 Å². The van der Waals surface area contributed by atoms with E-state index in [-0.39, 0.29) is 30.1 Å². The van der Waals surface area contributed by atoms with Gasteiger partial charge in [-0.25, -0.2) is 4.39 Å². The van der Waals surface area contributed by atoms with Crippen molar-refractivity contribution in [1.29, 1.82) is 0 Å². The highest BCUT2D eigenvalue weighted by atomic mass is 19.1. The van der Waals surface area contributed by atoms with Gasteiger partial charge in [0, 0.05) is 37.7 Å². The molecule has 1 unspecified atom stereocenters. The Bertz CT molecular complexity index is 706. The minimum Gasteiger partial charge on any atom is -0.497 e. The van der Waals surface area contributed by atoms with Gasteiger partial charge in [0.05, 0.1) is 12.5 Å². The van der Waals surface area contributed by atoms with E-state index in [2.05, 4.69) is 0 Å². The van der Waals surface area contributed by atoms with Crippen LogP contribution in [0.15, 0.2) is 18.2 Å². The highest BCUT2D eigenvalue weighted by Gasteiger charge is 2.49. The molecular weight excluding hydrogens is 335 g/mol. The number of halogens is 1. The molecule has 2 aliphatic heterocycles. The topological polar surface area (TPSA) is 49.9 Å². The predicted octanol–water partition coefficient (Wildman–Crippen LogP) is 2.83. The molecule has 2 saturated heterocycles. The average Bonchev–Trinajstić information content (AvgIpc) is 3.05. The molecule has 0 saturated carbocycles. The number of likely N-dealkylation sites (tertiary alicyclic amines) is 2. The number of hydrogen-bond donors (Lipinski definition) is 0. The molecule has 0 radical (unpaired) electrons. The van der Waals surface area contributed by atoms with Crippen molar-refractivity contribution in [3.63, 3.8) is 0 Å². The Balaban J connectivity index is 1.76. The van der Waals surface area contributed by atoms with Crippen molar-refractivity contribution in [1.82, 2.24) is 9.80 Å². The summed E-state index contributed by atoms with van der Waals surface area (Å²) in [6.07, 6.45) is 2.37. The summed E-state index contributed by atoms with van der Waals surface area (Å²) in [6.45, 7) is 5.74. The maximum absolute atomic E-state index is 14.2. The van der Waals surface area contributed by atoms with Crippen molar-refractivity contribution in [2.75, 3.05) is 26.7 Å². The van der Waals surface area contributed by atoms with Gasteiger partial charge in [-0.3, -0.25) is 9.59 Å². The lowest BCUT2D eigenvalue weighted by Gasteiger charge is -2.39. The normalized spacial score (nSPS) is 23.2. The molecule has 5 nitrogen and oxygen atoms in total. The third-order valence-corrected chi connectivity index (χ3v) is 5.60. The fourth-order valence-corrected chi connectivity index (χ4v) is 4.11. The Labute approximate surface area is 154 Å². The zero-order valence-electron chi connectivity index (χ0n) is 15.8. The number of hydrogen-bond acceptors (Lipinski definition) is 3. The average molecular weight is 362 g/mol. The van der Waals surface area contributed by atoms with E-state index in [9.17, 15) is 14.0 Å². The van der Waals surface area contributed by atoms with E-state index in [1.807, 2.05) is 18.7 Å². The van der Waals surface area contributed by atoms with E-state index in [1.165, 1.54) is 13.2 Å². The summed E-state index contributed by atoms with van der Waals surface area (Å²) in [5, 5.41) is 0. The van der Waals surface area contributed by atoms with E-state index in [1.54, 1.807) is 17.0 Å². The Hall–Kier alpha value is -2.11. The molecule has 2 aliphatic rings. The second kappa shape index (κ2) is 7.25. The fraction of sp³-hybridized carbons (Fsp3) is 0.600. The van der Waals surface area contributed by atoms with E-state index < -0.39 is 5.41 Å². The number of rotatable bonds is 4. The van der Waals surface area contributed by atoms with Crippen molar-refractivity contribution in [3.05, 3.63) is 29.6 Å². The smallest absolute Gasteiger partial charge is 0.230 e. The molecule has 2 amide bonds. The first-order chi connectivity index (χ1) is 12.4. The van der Waals surface area contributed by atoms with Crippen LogP contribution in [0, 0.1) is 17.2 Å². The molecule has 2 heterocycles. The minimum absolute atomic E-state index is 0.0463. The molecule has 142 valence electrons. The summed E-state index contributed by atoms with van der Waals surface area (Å²) in [6, 6.07) is 4.59. The third-order valence-electron chi connectivity index (χ3n) is 5.60. The van der Waals surface area contributed by atoms with Crippen LogP contribution >= 0.6 is 0 Å². The lowest BCUT2D eigenvalue weighted by atomic mass is 9.78. The van der Waals surface area contributed by atoms with Gasteiger partial charge in [0.15, 0.2) is 0 Å². The fourth-order valence-electron chi connectivity index (χ4n) is 4.11. The van der Waals surface area contributed by atoms with Crippen LogP contribution in [0.2, 0.25) is 0 Å². The molecule has 0 aromatic heterocycles. The lowest BCUT2D eigenvalue weighted by molar-refractivity contribution is -0.147. The molecule has 0 bridgehead atoms. The second-order valence-corrected chi connectivity index (χ2v) is 7.73. The minimum atomic E-state index is -0.502. The molecule has 1 spiro atoms. The van der Waals surface area contributed by atoms with Crippen LogP contribution in [0.25, 0.3) is 0 Å². The third kappa shape index (κ3) is 3.41. The van der Waals surface area contributed by atoms with Crippen molar-refractivity contribution >= 4 is 11.8 Å². The number of carbonyl (C=O) groups is 2. The number of amides is 2. The molecule has 1 atom stereocenters.